The SMILES string of the molecule is Cc1cc(-c2ccc(NC(=O)c3cccc(OCCC(C)C)c3)c(C)c2)ccc1NC(=O)c1cccc(OCCC(C)C)c1. The maximum absolute atomic E-state index is 13.0. The quantitative estimate of drug-likeness (QED) is 0.162. The lowest BCUT2D eigenvalue weighted by Gasteiger charge is -2.14. The standard InChI is InChI=1S/C38H44N2O4/c1-25(2)17-19-43-33-11-7-9-31(23-33)37(41)39-35-15-13-29(21-27(35)5)30-14-16-36(28(6)22-30)40-38(42)32-10-8-12-34(24-32)44-20-18-26(3)4/h7-16,21-26H,17-20H2,1-6H3,(H,39,41)(H,40,42). The second kappa shape index (κ2) is 15.2. The lowest BCUT2D eigenvalue weighted by atomic mass is 9.99. The van der Waals surface area contributed by atoms with Crippen molar-refractivity contribution in [1.82, 2.24) is 0 Å². The Morgan fingerprint density at radius 3 is 1.36 bits per heavy atom. The molecular formula is C38H44N2O4. The summed E-state index contributed by atoms with van der Waals surface area (Å²) in [5.74, 6) is 2.14. The highest BCUT2D eigenvalue weighted by Gasteiger charge is 2.13. The molecule has 0 saturated carbocycles. The summed E-state index contributed by atoms with van der Waals surface area (Å²) >= 11 is 0. The molecule has 0 heterocycles. The van der Waals surface area contributed by atoms with Crippen LogP contribution in [-0.2, 0) is 0 Å². The number of ether oxygens (including phenoxy) is 2. The predicted octanol–water partition coefficient (Wildman–Crippen LogP) is 9.32. The highest BCUT2D eigenvalue weighted by atomic mass is 16.5. The lowest BCUT2D eigenvalue weighted by Crippen LogP contribution is -2.13. The Hall–Kier alpha value is -4.58. The number of anilines is 2. The average Bonchev–Trinajstić information content (AvgIpc) is 2.99. The normalized spacial score (nSPS) is 11.0. The minimum atomic E-state index is -0.182. The number of hydrogen-bond acceptors (Lipinski definition) is 4. The first kappa shape index (κ1) is 32.3. The van der Waals surface area contributed by atoms with E-state index in [1.54, 1.807) is 24.3 Å². The molecule has 6 nitrogen and oxygen atoms in total. The molecule has 0 spiro atoms. The highest BCUT2D eigenvalue weighted by molar-refractivity contribution is 6.05. The fourth-order valence-corrected chi connectivity index (χ4v) is 4.64. The van der Waals surface area contributed by atoms with Gasteiger partial charge < -0.3 is 20.1 Å². The molecule has 0 unspecified atom stereocenters. The molecule has 2 N–H and O–H groups in total. The average molecular weight is 593 g/mol. The van der Waals surface area contributed by atoms with E-state index in [0.29, 0.717) is 47.7 Å². The van der Waals surface area contributed by atoms with Crippen LogP contribution >= 0.6 is 0 Å². The van der Waals surface area contributed by atoms with Crippen LogP contribution < -0.4 is 20.1 Å². The van der Waals surface area contributed by atoms with Gasteiger partial charge in [-0.05, 0) is 121 Å². The maximum Gasteiger partial charge on any atom is 0.255 e. The fraction of sp³-hybridized carbons (Fsp3) is 0.316. The molecular weight excluding hydrogens is 548 g/mol. The fourth-order valence-electron chi connectivity index (χ4n) is 4.64. The molecule has 0 saturated heterocycles. The van der Waals surface area contributed by atoms with Crippen LogP contribution in [0.1, 0.15) is 72.4 Å². The number of carbonyl (C=O) groups is 2. The zero-order valence-corrected chi connectivity index (χ0v) is 26.7. The number of rotatable bonds is 13. The molecule has 0 aromatic heterocycles. The molecule has 230 valence electrons. The summed E-state index contributed by atoms with van der Waals surface area (Å²) in [5, 5.41) is 6.07. The topological polar surface area (TPSA) is 76.7 Å². The Balaban J connectivity index is 1.39. The van der Waals surface area contributed by atoms with Crippen LogP contribution in [0.3, 0.4) is 0 Å². The smallest absolute Gasteiger partial charge is 0.255 e. The van der Waals surface area contributed by atoms with Crippen molar-refractivity contribution in [2.24, 2.45) is 11.8 Å². The zero-order chi connectivity index (χ0) is 31.6. The molecule has 6 heteroatoms. The molecule has 0 aliphatic heterocycles. The predicted molar refractivity (Wildman–Crippen MR) is 180 cm³/mol. The van der Waals surface area contributed by atoms with Gasteiger partial charge in [-0.15, -0.1) is 0 Å². The van der Waals surface area contributed by atoms with Gasteiger partial charge >= 0.3 is 0 Å². The van der Waals surface area contributed by atoms with E-state index in [4.69, 9.17) is 9.47 Å². The zero-order valence-electron chi connectivity index (χ0n) is 26.7. The minimum Gasteiger partial charge on any atom is -0.494 e. The molecule has 0 fully saturated rings. The Morgan fingerprint density at radius 2 is 1.00 bits per heavy atom. The summed E-state index contributed by atoms with van der Waals surface area (Å²) in [6.45, 7) is 13.8. The van der Waals surface area contributed by atoms with Gasteiger partial charge in [0.15, 0.2) is 0 Å². The number of benzene rings is 4. The molecule has 4 aromatic rings. The summed E-state index contributed by atoms with van der Waals surface area (Å²) in [5.41, 5.74) is 6.54. The van der Waals surface area contributed by atoms with Crippen molar-refractivity contribution in [3.05, 3.63) is 107 Å². The van der Waals surface area contributed by atoms with Gasteiger partial charge in [0.2, 0.25) is 0 Å². The van der Waals surface area contributed by atoms with Crippen LogP contribution in [0.4, 0.5) is 11.4 Å². The van der Waals surface area contributed by atoms with E-state index >= 15 is 0 Å². The van der Waals surface area contributed by atoms with Crippen LogP contribution in [0, 0.1) is 25.7 Å². The van der Waals surface area contributed by atoms with Gasteiger partial charge in [0, 0.05) is 22.5 Å². The van der Waals surface area contributed by atoms with E-state index in [1.807, 2.05) is 62.4 Å². The molecule has 4 aromatic carbocycles. The first-order chi connectivity index (χ1) is 21.1. The second-order valence-electron chi connectivity index (χ2n) is 12.1. The van der Waals surface area contributed by atoms with Crippen LogP contribution in [0.25, 0.3) is 11.1 Å². The van der Waals surface area contributed by atoms with Crippen LogP contribution in [0.2, 0.25) is 0 Å². The van der Waals surface area contributed by atoms with E-state index in [-0.39, 0.29) is 11.8 Å². The first-order valence-corrected chi connectivity index (χ1v) is 15.4. The monoisotopic (exact) mass is 592 g/mol. The van der Waals surface area contributed by atoms with Crippen molar-refractivity contribution in [2.75, 3.05) is 23.8 Å². The number of hydrogen-bond donors (Lipinski definition) is 2. The number of nitrogens with one attached hydrogen (secondary N) is 2. The maximum atomic E-state index is 13.0. The van der Waals surface area contributed by atoms with Crippen LogP contribution in [-0.4, -0.2) is 25.0 Å². The van der Waals surface area contributed by atoms with Gasteiger partial charge in [0.05, 0.1) is 13.2 Å². The summed E-state index contributed by atoms with van der Waals surface area (Å²) in [7, 11) is 0. The Morgan fingerprint density at radius 1 is 0.591 bits per heavy atom. The van der Waals surface area contributed by atoms with Gasteiger partial charge in [0.1, 0.15) is 11.5 Å². The van der Waals surface area contributed by atoms with E-state index in [2.05, 4.69) is 50.5 Å². The van der Waals surface area contributed by atoms with Crippen molar-refractivity contribution < 1.29 is 19.1 Å². The molecule has 0 bridgehead atoms. The van der Waals surface area contributed by atoms with E-state index in [9.17, 15) is 9.59 Å². The van der Waals surface area contributed by atoms with E-state index in [0.717, 1.165) is 46.5 Å². The molecule has 0 atom stereocenters. The number of amides is 2. The minimum absolute atomic E-state index is 0.182. The third-order valence-corrected chi connectivity index (χ3v) is 7.40. The van der Waals surface area contributed by atoms with Crippen molar-refractivity contribution >= 4 is 23.2 Å². The van der Waals surface area contributed by atoms with Crippen LogP contribution in [0.15, 0.2) is 84.9 Å². The molecule has 0 aliphatic carbocycles. The summed E-state index contributed by atoms with van der Waals surface area (Å²) in [4.78, 5) is 26.0. The lowest BCUT2D eigenvalue weighted by molar-refractivity contribution is 0.101. The summed E-state index contributed by atoms with van der Waals surface area (Å²) in [6.07, 6.45) is 1.92. The van der Waals surface area contributed by atoms with Gasteiger partial charge in [-0.2, -0.15) is 0 Å². The van der Waals surface area contributed by atoms with Gasteiger partial charge in [-0.3, -0.25) is 9.59 Å². The van der Waals surface area contributed by atoms with Crippen LogP contribution in [0.5, 0.6) is 11.5 Å². The third-order valence-electron chi connectivity index (χ3n) is 7.40. The van der Waals surface area contributed by atoms with Gasteiger partial charge in [0.25, 0.3) is 11.8 Å². The Labute approximate surface area is 261 Å². The highest BCUT2D eigenvalue weighted by Crippen LogP contribution is 2.29. The van der Waals surface area contributed by atoms with E-state index in [1.165, 1.54) is 0 Å². The van der Waals surface area contributed by atoms with Crippen molar-refractivity contribution in [3.63, 3.8) is 0 Å². The van der Waals surface area contributed by atoms with Crippen molar-refractivity contribution in [1.29, 1.82) is 0 Å². The largest absolute Gasteiger partial charge is 0.494 e. The number of carbonyl (C=O) groups excluding carboxylic acids is 2. The molecule has 4 rings (SSSR count). The Kier molecular flexibility index (Phi) is 11.2. The molecule has 0 aliphatic rings. The second-order valence-corrected chi connectivity index (χ2v) is 12.1. The van der Waals surface area contributed by atoms with E-state index < -0.39 is 0 Å². The Bertz CT molecular complexity index is 1470. The molecule has 0 radical (unpaired) electrons. The summed E-state index contributed by atoms with van der Waals surface area (Å²) in [6, 6.07) is 26.5. The first-order valence-electron chi connectivity index (χ1n) is 15.4. The number of aryl methyl sites for hydroxylation is 2. The van der Waals surface area contributed by atoms with Crippen molar-refractivity contribution in [3.8, 4) is 22.6 Å². The third kappa shape index (κ3) is 9.21. The van der Waals surface area contributed by atoms with Gasteiger partial charge in [-0.1, -0.05) is 52.0 Å². The van der Waals surface area contributed by atoms with Crippen molar-refractivity contribution in [2.45, 2.75) is 54.4 Å². The molecule has 2 amide bonds. The summed E-state index contributed by atoms with van der Waals surface area (Å²) < 4.78 is 11.6. The van der Waals surface area contributed by atoms with Gasteiger partial charge in [-0.25, -0.2) is 0 Å². The molecule has 44 heavy (non-hydrogen) atoms.